The maximum Gasteiger partial charge on any atom is 0.0401 e. The fourth-order valence-corrected chi connectivity index (χ4v) is 6.21. The second-order valence-electron chi connectivity index (χ2n) is 6.04. The molecule has 0 saturated carbocycles. The molecule has 0 aromatic heterocycles. The zero-order valence-electron chi connectivity index (χ0n) is 12.3. The van der Waals surface area contributed by atoms with Crippen LogP contribution in [0.4, 0.5) is 0 Å². The van der Waals surface area contributed by atoms with Gasteiger partial charge in [-0.25, -0.2) is 0 Å². The number of hydrogen-bond donors (Lipinski definition) is 0. The van der Waals surface area contributed by atoms with Crippen molar-refractivity contribution < 1.29 is 0 Å². The van der Waals surface area contributed by atoms with Crippen molar-refractivity contribution in [3.8, 4) is 0 Å². The van der Waals surface area contributed by atoms with Crippen LogP contribution < -0.4 is 0 Å². The summed E-state index contributed by atoms with van der Waals surface area (Å²) in [7, 11) is 3.88. The summed E-state index contributed by atoms with van der Waals surface area (Å²) in [6, 6.07) is 0. The predicted molar refractivity (Wildman–Crippen MR) is 111 cm³/mol. The zero-order valence-corrected chi connectivity index (χ0v) is 18.2. The monoisotopic (exact) mass is 522 g/mol. The molecule has 1 rings (SSSR count). The highest BCUT2D eigenvalue weighted by Gasteiger charge is 2.33. The third kappa shape index (κ3) is 5.74. The molecule has 0 aliphatic heterocycles. The van der Waals surface area contributed by atoms with Crippen LogP contribution in [0.3, 0.4) is 0 Å². The average Bonchev–Trinajstić information content (AvgIpc) is 2.33. The third-order valence-electron chi connectivity index (χ3n) is 3.97. The van der Waals surface area contributed by atoms with Gasteiger partial charge in [0.05, 0.1) is 0 Å². The number of halogens is 2. The van der Waals surface area contributed by atoms with E-state index in [2.05, 4.69) is 76.2 Å². The second-order valence-corrected chi connectivity index (χ2v) is 10.7. The highest BCUT2D eigenvalue weighted by molar-refractivity contribution is 14.2. The lowest BCUT2D eigenvalue weighted by Crippen LogP contribution is -2.27. The van der Waals surface area contributed by atoms with E-state index < -0.39 is 0 Å². The van der Waals surface area contributed by atoms with E-state index in [4.69, 9.17) is 0 Å². The van der Waals surface area contributed by atoms with E-state index in [0.717, 1.165) is 5.75 Å². The lowest BCUT2D eigenvalue weighted by atomic mass is 9.71. The fraction of sp³-hybridized carbons (Fsp3) is 0.733. The van der Waals surface area contributed by atoms with E-state index in [-0.39, 0.29) is 0 Å². The minimum Gasteiger partial charge on any atom is -0.0852 e. The number of hydrogen-bond acceptors (Lipinski definition) is 2. The molecule has 1 aliphatic rings. The van der Waals surface area contributed by atoms with Gasteiger partial charge < -0.3 is 0 Å². The summed E-state index contributed by atoms with van der Waals surface area (Å²) in [5, 5.41) is 0.659. The SMILES string of the molecule is CC1=C(C(C/C(C)=C/CSI)SI)C(C)(C)CCC1. The molecule has 0 nitrogen and oxygen atoms in total. The molecule has 0 aromatic carbocycles. The summed E-state index contributed by atoms with van der Waals surface area (Å²) < 4.78 is 0. The van der Waals surface area contributed by atoms with Crippen molar-refractivity contribution in [1.29, 1.82) is 0 Å². The number of rotatable bonds is 6. The Balaban J connectivity index is 2.89. The Bertz CT molecular complexity index is 359. The smallest absolute Gasteiger partial charge is 0.0401 e. The highest BCUT2D eigenvalue weighted by atomic mass is 127. The molecule has 19 heavy (non-hydrogen) atoms. The first-order chi connectivity index (χ1) is 8.92. The molecular weight excluding hydrogens is 498 g/mol. The molecule has 1 aliphatic carbocycles. The van der Waals surface area contributed by atoms with Gasteiger partial charge in [0.2, 0.25) is 0 Å². The Hall–Kier alpha value is 1.64. The van der Waals surface area contributed by atoms with Gasteiger partial charge in [-0.05, 0) is 87.4 Å². The van der Waals surface area contributed by atoms with Crippen LogP contribution in [0, 0.1) is 5.41 Å². The van der Waals surface area contributed by atoms with Crippen LogP contribution in [-0.4, -0.2) is 11.0 Å². The van der Waals surface area contributed by atoms with Gasteiger partial charge in [-0.3, -0.25) is 0 Å². The topological polar surface area (TPSA) is 0 Å². The van der Waals surface area contributed by atoms with Gasteiger partial charge in [0.25, 0.3) is 0 Å². The van der Waals surface area contributed by atoms with Crippen molar-refractivity contribution in [3.63, 3.8) is 0 Å². The first-order valence-corrected chi connectivity index (χ1v) is 13.7. The van der Waals surface area contributed by atoms with Crippen molar-refractivity contribution in [2.75, 3.05) is 5.75 Å². The Kier molecular flexibility index (Phi) is 8.79. The fourth-order valence-electron chi connectivity index (χ4n) is 3.08. The maximum atomic E-state index is 2.50. The lowest BCUT2D eigenvalue weighted by molar-refractivity contribution is 0.357. The van der Waals surface area contributed by atoms with Crippen molar-refractivity contribution in [1.82, 2.24) is 0 Å². The molecule has 0 radical (unpaired) electrons. The maximum absolute atomic E-state index is 2.50. The van der Waals surface area contributed by atoms with Crippen LogP contribution >= 0.6 is 60.3 Å². The first kappa shape index (κ1) is 18.7. The minimum absolute atomic E-state index is 0.392. The molecule has 0 aromatic rings. The molecule has 0 spiro atoms. The van der Waals surface area contributed by atoms with Gasteiger partial charge in [0.15, 0.2) is 0 Å². The minimum atomic E-state index is 0.392. The van der Waals surface area contributed by atoms with Crippen molar-refractivity contribution in [2.24, 2.45) is 5.41 Å². The van der Waals surface area contributed by atoms with Gasteiger partial charge >= 0.3 is 0 Å². The molecule has 1 atom stereocenters. The van der Waals surface area contributed by atoms with Crippen LogP contribution in [0.5, 0.6) is 0 Å². The van der Waals surface area contributed by atoms with Crippen LogP contribution in [0.15, 0.2) is 22.8 Å². The lowest BCUT2D eigenvalue weighted by Gasteiger charge is -2.38. The third-order valence-corrected chi connectivity index (χ3v) is 7.80. The molecule has 0 fully saturated rings. The van der Waals surface area contributed by atoms with Gasteiger partial charge in [-0.2, -0.15) is 0 Å². The number of allylic oxidation sites excluding steroid dienone is 2. The average molecular weight is 522 g/mol. The van der Waals surface area contributed by atoms with Crippen molar-refractivity contribution in [2.45, 2.75) is 58.6 Å². The molecule has 4 heteroatoms. The Morgan fingerprint density at radius 2 is 2.11 bits per heavy atom. The summed E-state index contributed by atoms with van der Waals surface area (Å²) in [6.07, 6.45) is 7.61. The highest BCUT2D eigenvalue weighted by Crippen LogP contribution is 2.47. The van der Waals surface area contributed by atoms with Gasteiger partial charge in [0.1, 0.15) is 0 Å². The predicted octanol–water partition coefficient (Wildman–Crippen LogP) is 7.38. The quantitative estimate of drug-likeness (QED) is 0.264. The molecule has 0 saturated heterocycles. The summed E-state index contributed by atoms with van der Waals surface area (Å²) in [5.41, 5.74) is 5.32. The summed E-state index contributed by atoms with van der Waals surface area (Å²) in [4.78, 5) is 0. The molecule has 0 amide bonds. The Morgan fingerprint density at radius 1 is 1.42 bits per heavy atom. The molecule has 0 N–H and O–H groups in total. The second kappa shape index (κ2) is 8.93. The van der Waals surface area contributed by atoms with E-state index >= 15 is 0 Å². The Morgan fingerprint density at radius 3 is 2.63 bits per heavy atom. The van der Waals surface area contributed by atoms with Gasteiger partial charge in [-0.15, -0.1) is 0 Å². The summed E-state index contributed by atoms with van der Waals surface area (Å²) in [6.45, 7) is 9.52. The zero-order chi connectivity index (χ0) is 14.5. The molecule has 0 heterocycles. The normalized spacial score (nSPS) is 21.7. The van der Waals surface area contributed by atoms with Crippen LogP contribution in [0.2, 0.25) is 0 Å². The van der Waals surface area contributed by atoms with E-state index in [1.54, 1.807) is 16.7 Å². The molecule has 1 unspecified atom stereocenters. The van der Waals surface area contributed by atoms with Gasteiger partial charge in [-0.1, -0.05) is 54.5 Å². The largest absolute Gasteiger partial charge is 0.0852 e. The summed E-state index contributed by atoms with van der Waals surface area (Å²) in [5.74, 6) is 1.13. The van der Waals surface area contributed by atoms with E-state index in [1.165, 1.54) is 25.7 Å². The molecular formula is C15H24I2S2. The van der Waals surface area contributed by atoms with Gasteiger partial charge in [0, 0.05) is 11.0 Å². The Labute approximate surface area is 151 Å². The van der Waals surface area contributed by atoms with Crippen molar-refractivity contribution in [3.05, 3.63) is 22.8 Å². The van der Waals surface area contributed by atoms with Crippen LogP contribution in [-0.2, 0) is 0 Å². The molecule has 0 bridgehead atoms. The van der Waals surface area contributed by atoms with E-state index in [9.17, 15) is 0 Å². The van der Waals surface area contributed by atoms with Crippen molar-refractivity contribution >= 4 is 60.3 Å². The van der Waals surface area contributed by atoms with Crippen LogP contribution in [0.25, 0.3) is 0 Å². The first-order valence-electron chi connectivity index (χ1n) is 6.79. The standard InChI is InChI=1S/C15H24I2S2/c1-11(7-9-18-16)10-13(19-17)14-12(2)6-5-8-15(14,3)4/h7,13H,5-6,8-10H2,1-4H3/b11-7+. The van der Waals surface area contributed by atoms with E-state index in [0.29, 0.717) is 10.7 Å². The molecule has 110 valence electrons. The van der Waals surface area contributed by atoms with Crippen LogP contribution in [0.1, 0.15) is 53.4 Å². The van der Waals surface area contributed by atoms with E-state index in [1.807, 2.05) is 17.9 Å². The summed E-state index contributed by atoms with van der Waals surface area (Å²) >= 11 is 4.87.